The fourth-order valence-corrected chi connectivity index (χ4v) is 1.13. The fraction of sp³-hybridized carbons (Fsp3) is 0.100. The lowest BCUT2D eigenvalue weighted by atomic mass is 10.2. The van der Waals surface area contributed by atoms with Crippen LogP contribution in [-0.2, 0) is 4.79 Å². The van der Waals surface area contributed by atoms with Crippen molar-refractivity contribution in [1.82, 2.24) is 0 Å². The molecule has 0 saturated carbocycles. The van der Waals surface area contributed by atoms with Gasteiger partial charge in [-0.2, -0.15) is 0 Å². The molecule has 4 nitrogen and oxygen atoms in total. The summed E-state index contributed by atoms with van der Waals surface area (Å²) in [6.07, 6.45) is 3.04. The first kappa shape index (κ1) is 11.6. The number of rotatable bonds is 4. The average Bonchev–Trinajstić information content (AvgIpc) is 2.26. The lowest BCUT2D eigenvalue weighted by molar-refractivity contribution is -0.384. The number of benzene rings is 1. The van der Waals surface area contributed by atoms with E-state index in [0.717, 1.165) is 5.56 Å². The lowest BCUT2D eigenvalue weighted by Crippen LogP contribution is -1.91. The summed E-state index contributed by atoms with van der Waals surface area (Å²) in [4.78, 5) is 20.8. The molecule has 0 aliphatic carbocycles. The maximum atomic E-state index is 10.9. The molecule has 0 radical (unpaired) electrons. The quantitative estimate of drug-likeness (QED) is 0.365. The van der Waals surface area contributed by atoms with Gasteiger partial charge in [-0.05, 0) is 23.8 Å². The highest BCUT2D eigenvalue weighted by Crippen LogP contribution is 2.12. The summed E-state index contributed by atoms with van der Waals surface area (Å²) in [7, 11) is 0. The van der Waals surface area contributed by atoms with Crippen LogP contribution >= 0.6 is 15.9 Å². The van der Waals surface area contributed by atoms with E-state index < -0.39 is 4.92 Å². The highest BCUT2D eigenvalue weighted by Gasteiger charge is 2.02. The van der Waals surface area contributed by atoms with Crippen LogP contribution in [0.1, 0.15) is 5.56 Å². The van der Waals surface area contributed by atoms with E-state index in [1.54, 1.807) is 18.2 Å². The van der Waals surface area contributed by atoms with Crippen LogP contribution in [0, 0.1) is 10.1 Å². The van der Waals surface area contributed by atoms with Crippen molar-refractivity contribution in [2.24, 2.45) is 0 Å². The molecule has 0 unspecified atom stereocenters. The Morgan fingerprint density at radius 3 is 2.47 bits per heavy atom. The molecule has 1 aromatic carbocycles. The van der Waals surface area contributed by atoms with Crippen LogP contribution in [0.5, 0.6) is 0 Å². The van der Waals surface area contributed by atoms with Crippen LogP contribution < -0.4 is 0 Å². The van der Waals surface area contributed by atoms with Gasteiger partial charge < -0.3 is 0 Å². The molecule has 78 valence electrons. The van der Waals surface area contributed by atoms with E-state index in [0.29, 0.717) is 0 Å². The Hall–Kier alpha value is -1.49. The van der Waals surface area contributed by atoms with Gasteiger partial charge in [-0.25, -0.2) is 0 Å². The summed E-state index contributed by atoms with van der Waals surface area (Å²) in [6.45, 7) is 0. The molecule has 5 heteroatoms. The number of hydrogen-bond acceptors (Lipinski definition) is 3. The Bertz CT molecular complexity index is 398. The van der Waals surface area contributed by atoms with Crippen molar-refractivity contribution in [1.29, 1.82) is 0 Å². The van der Waals surface area contributed by atoms with E-state index in [1.165, 1.54) is 18.2 Å². The number of carbonyl (C=O) groups is 1. The molecule has 0 aliphatic heterocycles. The van der Waals surface area contributed by atoms with Crippen LogP contribution in [0.15, 0.2) is 30.3 Å². The van der Waals surface area contributed by atoms with Gasteiger partial charge in [0, 0.05) is 12.1 Å². The van der Waals surface area contributed by atoms with Crippen LogP contribution in [0.2, 0.25) is 0 Å². The lowest BCUT2D eigenvalue weighted by Gasteiger charge is -1.93. The molecule has 1 aromatic rings. The van der Waals surface area contributed by atoms with Crippen molar-refractivity contribution in [2.45, 2.75) is 0 Å². The number of alkyl halides is 1. The van der Waals surface area contributed by atoms with Crippen molar-refractivity contribution in [3.8, 4) is 0 Å². The molecular weight excluding hydrogens is 262 g/mol. The minimum absolute atomic E-state index is 0.0407. The van der Waals surface area contributed by atoms with Gasteiger partial charge in [-0.1, -0.05) is 22.0 Å². The van der Waals surface area contributed by atoms with E-state index in [2.05, 4.69) is 15.9 Å². The minimum atomic E-state index is -0.461. The van der Waals surface area contributed by atoms with Gasteiger partial charge in [0.1, 0.15) is 0 Å². The van der Waals surface area contributed by atoms with Gasteiger partial charge in [0.25, 0.3) is 5.69 Å². The molecule has 0 atom stereocenters. The summed E-state index contributed by atoms with van der Waals surface area (Å²) in [5, 5.41) is 10.6. The fourth-order valence-electron chi connectivity index (χ4n) is 0.941. The highest BCUT2D eigenvalue weighted by molar-refractivity contribution is 9.09. The number of nitrogens with zero attached hydrogens (tertiary/aromatic N) is 1. The van der Waals surface area contributed by atoms with Crippen molar-refractivity contribution >= 4 is 33.5 Å². The predicted molar refractivity (Wildman–Crippen MR) is 60.9 cm³/mol. The summed E-state index contributed by atoms with van der Waals surface area (Å²) in [6, 6.07) is 5.99. The zero-order valence-electron chi connectivity index (χ0n) is 7.72. The maximum absolute atomic E-state index is 10.9. The largest absolute Gasteiger partial charge is 0.294 e. The molecule has 0 N–H and O–H groups in total. The standard InChI is InChI=1S/C10H8BrNO3/c11-7-10(13)6-3-8-1-4-9(5-2-8)12(14)15/h1-6H,7H2/b6-3+. The number of hydrogen-bond donors (Lipinski definition) is 0. The zero-order chi connectivity index (χ0) is 11.3. The highest BCUT2D eigenvalue weighted by atomic mass is 79.9. The Morgan fingerprint density at radius 2 is 2.00 bits per heavy atom. The van der Waals surface area contributed by atoms with Gasteiger partial charge >= 0.3 is 0 Å². The molecule has 0 amide bonds. The molecule has 0 bridgehead atoms. The van der Waals surface area contributed by atoms with E-state index in [1.807, 2.05) is 0 Å². The van der Waals surface area contributed by atoms with Crippen molar-refractivity contribution in [3.05, 3.63) is 46.0 Å². The first-order chi connectivity index (χ1) is 7.13. The third kappa shape index (κ3) is 3.63. The normalized spacial score (nSPS) is 10.5. The van der Waals surface area contributed by atoms with Gasteiger partial charge in [0.2, 0.25) is 0 Å². The summed E-state index contributed by atoms with van der Waals surface area (Å²) in [5.74, 6) is -0.0478. The van der Waals surface area contributed by atoms with Gasteiger partial charge in [0.15, 0.2) is 5.78 Å². The number of halogens is 1. The summed E-state index contributed by atoms with van der Waals surface area (Å²) in [5.41, 5.74) is 0.800. The molecule has 0 aliphatic rings. The van der Waals surface area contributed by atoms with Crippen LogP contribution in [0.25, 0.3) is 6.08 Å². The number of nitro benzene ring substituents is 1. The van der Waals surface area contributed by atoms with E-state index >= 15 is 0 Å². The maximum Gasteiger partial charge on any atom is 0.269 e. The van der Waals surface area contributed by atoms with E-state index in [4.69, 9.17) is 0 Å². The van der Waals surface area contributed by atoms with E-state index in [-0.39, 0.29) is 16.8 Å². The Labute approximate surface area is 94.9 Å². The summed E-state index contributed by atoms with van der Waals surface area (Å²) < 4.78 is 0. The average molecular weight is 270 g/mol. The Kier molecular flexibility index (Phi) is 4.17. The molecular formula is C10H8BrNO3. The number of allylic oxidation sites excluding steroid dienone is 1. The van der Waals surface area contributed by atoms with Crippen molar-refractivity contribution < 1.29 is 9.72 Å². The smallest absolute Gasteiger partial charge is 0.269 e. The second-order valence-electron chi connectivity index (χ2n) is 2.78. The molecule has 0 aromatic heterocycles. The number of non-ortho nitro benzene ring substituents is 1. The van der Waals surface area contributed by atoms with Crippen LogP contribution in [-0.4, -0.2) is 16.0 Å². The molecule has 0 spiro atoms. The number of nitro groups is 1. The molecule has 1 rings (SSSR count). The third-order valence-electron chi connectivity index (χ3n) is 1.70. The first-order valence-corrected chi connectivity index (χ1v) is 5.27. The predicted octanol–water partition coefficient (Wildman–Crippen LogP) is 2.57. The number of carbonyl (C=O) groups excluding carboxylic acids is 1. The Balaban J connectivity index is 2.77. The molecule has 0 fully saturated rings. The topological polar surface area (TPSA) is 60.2 Å². The number of ketones is 1. The Morgan fingerprint density at radius 1 is 1.40 bits per heavy atom. The third-order valence-corrected chi connectivity index (χ3v) is 2.25. The van der Waals surface area contributed by atoms with Gasteiger partial charge in [-0.3, -0.25) is 14.9 Å². The van der Waals surface area contributed by atoms with E-state index in [9.17, 15) is 14.9 Å². The molecule has 0 saturated heterocycles. The monoisotopic (exact) mass is 269 g/mol. The van der Waals surface area contributed by atoms with Crippen LogP contribution in [0.4, 0.5) is 5.69 Å². The van der Waals surface area contributed by atoms with Crippen molar-refractivity contribution in [3.63, 3.8) is 0 Å². The van der Waals surface area contributed by atoms with Crippen molar-refractivity contribution in [2.75, 3.05) is 5.33 Å². The van der Waals surface area contributed by atoms with Crippen LogP contribution in [0.3, 0.4) is 0 Å². The second kappa shape index (κ2) is 5.41. The van der Waals surface area contributed by atoms with Gasteiger partial charge in [-0.15, -0.1) is 0 Å². The molecule has 0 heterocycles. The van der Waals surface area contributed by atoms with Gasteiger partial charge in [0.05, 0.1) is 10.3 Å². The second-order valence-corrected chi connectivity index (χ2v) is 3.34. The molecule has 15 heavy (non-hydrogen) atoms. The summed E-state index contributed by atoms with van der Waals surface area (Å²) >= 11 is 3.03. The SMILES string of the molecule is O=C(/C=C/c1ccc([N+](=O)[O-])cc1)CBr. The zero-order valence-corrected chi connectivity index (χ0v) is 9.31. The first-order valence-electron chi connectivity index (χ1n) is 4.15. The minimum Gasteiger partial charge on any atom is -0.294 e.